The van der Waals surface area contributed by atoms with Gasteiger partial charge in [0.15, 0.2) is 0 Å². The molecule has 1 aromatic carbocycles. The van der Waals surface area contributed by atoms with Gasteiger partial charge in [0.05, 0.1) is 0 Å². The molecule has 0 nitrogen and oxygen atoms in total. The molecule has 0 N–H and O–H groups in total. The Morgan fingerprint density at radius 2 is 2.06 bits per heavy atom. The first kappa shape index (κ1) is 19.4. The average Bonchev–Trinajstić information content (AvgIpc) is 2.20. The molecule has 0 bridgehead atoms. The first-order valence-electron chi connectivity index (χ1n) is 5.13. The van der Waals surface area contributed by atoms with Crippen molar-refractivity contribution in [3.05, 3.63) is 28.7 Å². The van der Waals surface area contributed by atoms with E-state index in [9.17, 15) is 0 Å². The van der Waals surface area contributed by atoms with E-state index in [1.54, 1.807) is 0 Å². The van der Waals surface area contributed by atoms with Crippen molar-refractivity contribution >= 4 is 50.7 Å². The molecule has 0 aliphatic rings. The number of hydrogen-bond donors (Lipinski definition) is 0. The smallest absolute Gasteiger partial charge is 1.00 e. The van der Waals surface area contributed by atoms with Gasteiger partial charge in [-0.05, 0) is 12.2 Å². The van der Waals surface area contributed by atoms with Gasteiger partial charge in [-0.2, -0.15) is 36.0 Å². The molecule has 0 fully saturated rings. The second-order valence-corrected chi connectivity index (χ2v) is 5.26. The van der Waals surface area contributed by atoms with E-state index >= 15 is 0 Å². The van der Waals surface area contributed by atoms with E-state index in [0.717, 1.165) is 0 Å². The average molecular weight is 332 g/mol. The predicted molar refractivity (Wildman–Crippen MR) is 73.6 cm³/mol. The van der Waals surface area contributed by atoms with Crippen LogP contribution in [0.5, 0.6) is 0 Å². The molecule has 4 heteroatoms. The third kappa shape index (κ3) is 8.23. The van der Waals surface area contributed by atoms with Gasteiger partial charge in [-0.15, -0.1) is 15.9 Å². The van der Waals surface area contributed by atoms with Crippen molar-refractivity contribution < 1.29 is 12.4 Å². The fourth-order valence-corrected chi connectivity index (χ4v) is 2.76. The SMILES string of the molecule is CCCCCCSc1cc[c-]cc1Br.[Cl-].[Mg+2]. The summed E-state index contributed by atoms with van der Waals surface area (Å²) in [6.07, 6.45) is 5.36. The molecule has 0 heterocycles. The van der Waals surface area contributed by atoms with Crippen LogP contribution in [0, 0.1) is 6.07 Å². The molecular formula is C12H16BrClMgS. The Labute approximate surface area is 134 Å². The number of thioether (sulfide) groups is 1. The summed E-state index contributed by atoms with van der Waals surface area (Å²) in [6.45, 7) is 2.25. The van der Waals surface area contributed by atoms with Gasteiger partial charge in [-0.3, -0.25) is 0 Å². The zero-order valence-corrected chi connectivity index (χ0v) is 14.2. The number of hydrogen-bond acceptors (Lipinski definition) is 1. The van der Waals surface area contributed by atoms with Crippen molar-refractivity contribution in [1.29, 1.82) is 0 Å². The molecule has 1 rings (SSSR count). The third-order valence-electron chi connectivity index (χ3n) is 2.03. The zero-order valence-electron chi connectivity index (χ0n) is 9.64. The molecule has 0 unspecified atom stereocenters. The Hall–Kier alpha value is 1.11. The fraction of sp³-hybridized carbons (Fsp3) is 0.500. The standard InChI is InChI=1S/C12H16BrS.ClH.Mg/c1-2-3-4-7-10-14-12-9-6-5-8-11(12)13;;/h6,8-9H,2-4,7,10H2,1H3;1H;/q-1;;+2/p-1. The van der Waals surface area contributed by atoms with Gasteiger partial charge < -0.3 is 12.4 Å². The monoisotopic (exact) mass is 330 g/mol. The molecule has 1 aromatic rings. The van der Waals surface area contributed by atoms with Crippen LogP contribution in [0.15, 0.2) is 27.6 Å². The third-order valence-corrected chi connectivity index (χ3v) is 4.11. The molecule has 16 heavy (non-hydrogen) atoms. The van der Waals surface area contributed by atoms with Gasteiger partial charge in [0.25, 0.3) is 0 Å². The predicted octanol–water partition coefficient (Wildman–Crippen LogP) is 1.54. The summed E-state index contributed by atoms with van der Waals surface area (Å²) in [7, 11) is 0. The molecule has 0 aliphatic carbocycles. The maximum atomic E-state index is 3.53. The van der Waals surface area contributed by atoms with Crippen LogP contribution in [-0.2, 0) is 0 Å². The number of benzene rings is 1. The first-order chi connectivity index (χ1) is 6.84. The van der Waals surface area contributed by atoms with Crippen LogP contribution in [0.1, 0.15) is 32.6 Å². The molecule has 0 spiro atoms. The maximum absolute atomic E-state index is 3.53. The van der Waals surface area contributed by atoms with Gasteiger partial charge in [-0.25, -0.2) is 0 Å². The number of unbranched alkanes of at least 4 members (excludes halogenated alkanes) is 3. The zero-order chi connectivity index (χ0) is 10.2. The van der Waals surface area contributed by atoms with Gasteiger partial charge in [0, 0.05) is 0 Å². The second-order valence-electron chi connectivity index (χ2n) is 3.27. The second kappa shape index (κ2) is 12.6. The normalized spacial score (nSPS) is 9.12. The van der Waals surface area contributed by atoms with Crippen LogP contribution >= 0.6 is 27.7 Å². The largest absolute Gasteiger partial charge is 2.00 e. The quantitative estimate of drug-likeness (QED) is 0.330. The molecule has 0 atom stereocenters. The van der Waals surface area contributed by atoms with Crippen LogP contribution in [0.4, 0.5) is 0 Å². The minimum absolute atomic E-state index is 0. The Balaban J connectivity index is 0. The fourth-order valence-electron chi connectivity index (χ4n) is 1.22. The number of rotatable bonds is 6. The Bertz CT molecular complexity index is 271. The van der Waals surface area contributed by atoms with Crippen molar-refractivity contribution in [2.24, 2.45) is 0 Å². The molecule has 0 aliphatic heterocycles. The molecule has 0 saturated heterocycles. The van der Waals surface area contributed by atoms with E-state index in [-0.39, 0.29) is 35.5 Å². The van der Waals surface area contributed by atoms with E-state index in [2.05, 4.69) is 35.0 Å². The van der Waals surface area contributed by atoms with Gasteiger partial charge in [-0.1, -0.05) is 35.6 Å². The van der Waals surface area contributed by atoms with Crippen molar-refractivity contribution in [3.63, 3.8) is 0 Å². The summed E-state index contributed by atoms with van der Waals surface area (Å²) in [4.78, 5) is 1.33. The molecule has 86 valence electrons. The van der Waals surface area contributed by atoms with Crippen LogP contribution in [0.25, 0.3) is 0 Å². The van der Waals surface area contributed by atoms with E-state index < -0.39 is 0 Å². The minimum atomic E-state index is 0. The van der Waals surface area contributed by atoms with Crippen molar-refractivity contribution in [2.45, 2.75) is 37.5 Å². The van der Waals surface area contributed by atoms with Crippen molar-refractivity contribution in [2.75, 3.05) is 5.75 Å². The molecular weight excluding hydrogens is 316 g/mol. The van der Waals surface area contributed by atoms with Crippen LogP contribution in [0.2, 0.25) is 0 Å². The van der Waals surface area contributed by atoms with Crippen LogP contribution in [-0.4, -0.2) is 28.8 Å². The van der Waals surface area contributed by atoms with E-state index in [1.807, 2.05) is 23.9 Å². The Kier molecular flexibility index (Phi) is 15.3. The summed E-state index contributed by atoms with van der Waals surface area (Å²) in [5.41, 5.74) is 0. The van der Waals surface area contributed by atoms with Crippen LogP contribution in [0.3, 0.4) is 0 Å². The molecule has 0 amide bonds. The summed E-state index contributed by atoms with van der Waals surface area (Å²) in [5.74, 6) is 1.22. The van der Waals surface area contributed by atoms with Gasteiger partial charge in [0.2, 0.25) is 0 Å². The van der Waals surface area contributed by atoms with E-state index in [1.165, 1.54) is 40.8 Å². The van der Waals surface area contributed by atoms with Gasteiger partial charge >= 0.3 is 23.1 Å². The van der Waals surface area contributed by atoms with E-state index in [4.69, 9.17) is 0 Å². The van der Waals surface area contributed by atoms with Gasteiger partial charge in [0.1, 0.15) is 0 Å². The van der Waals surface area contributed by atoms with Crippen molar-refractivity contribution in [3.8, 4) is 0 Å². The topological polar surface area (TPSA) is 0 Å². The summed E-state index contributed by atoms with van der Waals surface area (Å²) < 4.78 is 1.17. The minimum Gasteiger partial charge on any atom is -1.00 e. The first-order valence-corrected chi connectivity index (χ1v) is 6.91. The molecule has 0 radical (unpaired) electrons. The molecule has 0 saturated carbocycles. The van der Waals surface area contributed by atoms with Crippen LogP contribution < -0.4 is 12.4 Å². The Morgan fingerprint density at radius 1 is 1.31 bits per heavy atom. The number of halogens is 2. The Morgan fingerprint density at radius 3 is 2.69 bits per heavy atom. The molecule has 0 aromatic heterocycles. The summed E-state index contributed by atoms with van der Waals surface area (Å²) >= 11 is 5.46. The summed E-state index contributed by atoms with van der Waals surface area (Å²) in [6, 6.07) is 9.12. The van der Waals surface area contributed by atoms with E-state index in [0.29, 0.717) is 0 Å². The summed E-state index contributed by atoms with van der Waals surface area (Å²) in [5, 5.41) is 0. The maximum Gasteiger partial charge on any atom is 2.00 e. The van der Waals surface area contributed by atoms with Crippen molar-refractivity contribution in [1.82, 2.24) is 0 Å².